The first kappa shape index (κ1) is 10.2. The molecule has 0 spiro atoms. The number of nitrogens with zero attached hydrogens (tertiary/aromatic N) is 1. The topological polar surface area (TPSA) is 44.0 Å². The summed E-state index contributed by atoms with van der Waals surface area (Å²) in [7, 11) is 0. The summed E-state index contributed by atoms with van der Waals surface area (Å²) in [5, 5.41) is 16.7. The Bertz CT molecular complexity index is 452. The summed E-state index contributed by atoms with van der Waals surface area (Å²) >= 11 is 0. The summed E-state index contributed by atoms with van der Waals surface area (Å²) in [6, 6.07) is 3.11. The Kier molecular flexibility index (Phi) is 3.17. The van der Waals surface area contributed by atoms with Crippen molar-refractivity contribution in [2.45, 2.75) is 0 Å². The molecule has 2 nitrogen and oxygen atoms in total. The molecule has 0 amide bonds. The summed E-state index contributed by atoms with van der Waals surface area (Å²) in [6.45, 7) is -0.430. The second-order valence-electron chi connectivity index (χ2n) is 2.38. The van der Waals surface area contributed by atoms with Gasteiger partial charge in [0.25, 0.3) is 0 Å². The highest BCUT2D eigenvalue weighted by molar-refractivity contribution is 5.42. The molecule has 0 fully saturated rings. The van der Waals surface area contributed by atoms with Crippen LogP contribution in [-0.4, -0.2) is 11.7 Å². The Morgan fingerprint density at radius 3 is 2.36 bits per heavy atom. The number of aliphatic hydroxyl groups excluding tert-OH is 1. The first-order chi connectivity index (χ1) is 6.69. The van der Waals surface area contributed by atoms with E-state index in [0.717, 1.165) is 12.1 Å². The maximum absolute atomic E-state index is 13.0. The van der Waals surface area contributed by atoms with Crippen LogP contribution in [0.5, 0.6) is 0 Å². The van der Waals surface area contributed by atoms with Crippen LogP contribution in [0.4, 0.5) is 8.78 Å². The van der Waals surface area contributed by atoms with Gasteiger partial charge in [-0.1, -0.05) is 11.8 Å². The molecule has 0 aromatic heterocycles. The van der Waals surface area contributed by atoms with E-state index in [4.69, 9.17) is 10.4 Å². The van der Waals surface area contributed by atoms with E-state index in [1.807, 2.05) is 0 Å². The highest BCUT2D eigenvalue weighted by Crippen LogP contribution is 2.13. The largest absolute Gasteiger partial charge is 0.384 e. The Morgan fingerprint density at radius 2 is 1.79 bits per heavy atom. The van der Waals surface area contributed by atoms with Crippen molar-refractivity contribution in [2.75, 3.05) is 6.61 Å². The summed E-state index contributed by atoms with van der Waals surface area (Å²) < 4.78 is 26.0. The van der Waals surface area contributed by atoms with Gasteiger partial charge in [-0.25, -0.2) is 8.78 Å². The van der Waals surface area contributed by atoms with Gasteiger partial charge in [-0.2, -0.15) is 5.26 Å². The van der Waals surface area contributed by atoms with Gasteiger partial charge in [-0.15, -0.1) is 0 Å². The Morgan fingerprint density at radius 1 is 1.21 bits per heavy atom. The standard InChI is InChI=1S/C10H5F2NO/c11-9-5-8(6-13)10(12)4-7(9)2-1-3-14/h4-5,14H,3H2. The van der Waals surface area contributed by atoms with Gasteiger partial charge in [0.1, 0.15) is 24.3 Å². The smallest absolute Gasteiger partial charge is 0.142 e. The van der Waals surface area contributed by atoms with Crippen molar-refractivity contribution in [3.8, 4) is 17.9 Å². The van der Waals surface area contributed by atoms with Crippen LogP contribution in [0.3, 0.4) is 0 Å². The highest BCUT2D eigenvalue weighted by atomic mass is 19.1. The first-order valence-corrected chi connectivity index (χ1v) is 3.68. The molecule has 0 unspecified atom stereocenters. The van der Waals surface area contributed by atoms with Crippen LogP contribution in [0.25, 0.3) is 0 Å². The van der Waals surface area contributed by atoms with E-state index in [2.05, 4.69) is 11.8 Å². The number of hydrogen-bond donors (Lipinski definition) is 1. The molecule has 4 heteroatoms. The number of benzene rings is 1. The molecule has 0 radical (unpaired) electrons. The zero-order valence-corrected chi connectivity index (χ0v) is 7.01. The molecule has 0 saturated heterocycles. The van der Waals surface area contributed by atoms with Gasteiger partial charge >= 0.3 is 0 Å². The zero-order valence-electron chi connectivity index (χ0n) is 7.01. The first-order valence-electron chi connectivity index (χ1n) is 3.68. The Hall–Kier alpha value is -1.91. The third kappa shape index (κ3) is 2.07. The number of aliphatic hydroxyl groups is 1. The third-order valence-electron chi connectivity index (χ3n) is 1.48. The average molecular weight is 193 g/mol. The fourth-order valence-electron chi connectivity index (χ4n) is 0.863. The lowest BCUT2D eigenvalue weighted by Gasteiger charge is -1.96. The lowest BCUT2D eigenvalue weighted by molar-refractivity contribution is 0.350. The van der Waals surface area contributed by atoms with Crippen LogP contribution in [0.2, 0.25) is 0 Å². The van der Waals surface area contributed by atoms with Crippen molar-refractivity contribution in [3.63, 3.8) is 0 Å². The predicted molar refractivity (Wildman–Crippen MR) is 45.0 cm³/mol. The second kappa shape index (κ2) is 4.36. The minimum Gasteiger partial charge on any atom is -0.384 e. The van der Waals surface area contributed by atoms with Crippen molar-refractivity contribution in [3.05, 3.63) is 34.9 Å². The third-order valence-corrected chi connectivity index (χ3v) is 1.48. The number of halogens is 2. The van der Waals surface area contributed by atoms with E-state index in [1.165, 1.54) is 6.07 Å². The molecular formula is C10H5F2NO. The van der Waals surface area contributed by atoms with Gasteiger partial charge < -0.3 is 5.11 Å². The minimum atomic E-state index is -0.823. The van der Waals surface area contributed by atoms with Gasteiger partial charge in [0.2, 0.25) is 0 Å². The highest BCUT2D eigenvalue weighted by Gasteiger charge is 2.07. The molecule has 14 heavy (non-hydrogen) atoms. The summed E-state index contributed by atoms with van der Waals surface area (Å²) in [6.07, 6.45) is 0. The molecule has 0 aliphatic carbocycles. The van der Waals surface area contributed by atoms with E-state index in [-0.39, 0.29) is 11.1 Å². The molecule has 1 aromatic rings. The lowest BCUT2D eigenvalue weighted by Crippen LogP contribution is -1.91. The molecule has 70 valence electrons. The zero-order chi connectivity index (χ0) is 10.6. The van der Waals surface area contributed by atoms with E-state index in [9.17, 15) is 8.78 Å². The summed E-state index contributed by atoms with van der Waals surface area (Å²) in [4.78, 5) is 0. The van der Waals surface area contributed by atoms with Crippen molar-refractivity contribution in [2.24, 2.45) is 0 Å². The minimum absolute atomic E-state index is 0.171. The monoisotopic (exact) mass is 193 g/mol. The molecule has 0 bridgehead atoms. The van der Waals surface area contributed by atoms with Crippen LogP contribution in [0.15, 0.2) is 12.1 Å². The van der Waals surface area contributed by atoms with Crippen LogP contribution in [0, 0.1) is 34.8 Å². The second-order valence-corrected chi connectivity index (χ2v) is 2.38. The van der Waals surface area contributed by atoms with Crippen LogP contribution in [0.1, 0.15) is 11.1 Å². The van der Waals surface area contributed by atoms with Crippen molar-refractivity contribution >= 4 is 0 Å². The average Bonchev–Trinajstić information content (AvgIpc) is 2.18. The Balaban J connectivity index is 3.23. The number of rotatable bonds is 0. The Labute approximate surface area is 79.4 Å². The summed E-state index contributed by atoms with van der Waals surface area (Å²) in [5.74, 6) is 2.82. The van der Waals surface area contributed by atoms with Crippen molar-refractivity contribution in [1.29, 1.82) is 5.26 Å². The van der Waals surface area contributed by atoms with E-state index in [0.29, 0.717) is 0 Å². The number of nitriles is 1. The molecule has 0 atom stereocenters. The fourth-order valence-corrected chi connectivity index (χ4v) is 0.863. The van der Waals surface area contributed by atoms with Crippen LogP contribution in [-0.2, 0) is 0 Å². The van der Waals surface area contributed by atoms with E-state index in [1.54, 1.807) is 0 Å². The van der Waals surface area contributed by atoms with Gasteiger partial charge in [-0.05, 0) is 12.1 Å². The van der Waals surface area contributed by atoms with Gasteiger partial charge in [-0.3, -0.25) is 0 Å². The lowest BCUT2D eigenvalue weighted by atomic mass is 10.1. The molecule has 0 heterocycles. The molecule has 0 saturated carbocycles. The van der Waals surface area contributed by atoms with E-state index >= 15 is 0 Å². The van der Waals surface area contributed by atoms with Crippen molar-refractivity contribution in [1.82, 2.24) is 0 Å². The molecule has 0 aliphatic heterocycles. The van der Waals surface area contributed by atoms with Gasteiger partial charge in [0.15, 0.2) is 0 Å². The molecule has 0 aliphatic rings. The number of hydrogen-bond acceptors (Lipinski definition) is 2. The quantitative estimate of drug-likeness (QED) is 0.629. The van der Waals surface area contributed by atoms with Crippen LogP contribution >= 0.6 is 0 Å². The SMILES string of the molecule is N#Cc1cc(F)c(C#CCO)cc1F. The van der Waals surface area contributed by atoms with Gasteiger partial charge in [0.05, 0.1) is 11.1 Å². The molecular weight excluding hydrogens is 188 g/mol. The van der Waals surface area contributed by atoms with Gasteiger partial charge in [0, 0.05) is 0 Å². The molecule has 1 N–H and O–H groups in total. The summed E-state index contributed by atoms with van der Waals surface area (Å²) in [5.41, 5.74) is -0.535. The van der Waals surface area contributed by atoms with Crippen molar-refractivity contribution < 1.29 is 13.9 Å². The maximum Gasteiger partial charge on any atom is 0.142 e. The maximum atomic E-state index is 13.0. The normalized spacial score (nSPS) is 8.71. The van der Waals surface area contributed by atoms with E-state index < -0.39 is 18.2 Å². The predicted octanol–water partition coefficient (Wildman–Crippen LogP) is 1.18. The molecule has 1 aromatic carbocycles. The molecule has 1 rings (SSSR count). The van der Waals surface area contributed by atoms with Crippen LogP contribution < -0.4 is 0 Å². The fraction of sp³-hybridized carbons (Fsp3) is 0.100.